The summed E-state index contributed by atoms with van der Waals surface area (Å²) in [5.74, 6) is 0. The van der Waals surface area contributed by atoms with E-state index in [1.165, 1.54) is 12.1 Å². The van der Waals surface area contributed by atoms with E-state index in [0.29, 0.717) is 11.1 Å². The van der Waals surface area contributed by atoms with Crippen LogP contribution in [0.4, 0.5) is 0 Å². The predicted octanol–water partition coefficient (Wildman–Crippen LogP) is -0.828. The molecule has 8 heteroatoms. The van der Waals surface area contributed by atoms with Crippen molar-refractivity contribution in [1.82, 2.24) is 9.97 Å². The van der Waals surface area contributed by atoms with Gasteiger partial charge in [-0.15, -0.1) is 0 Å². The number of nitrogens with two attached hydrogens (primary N) is 1. The van der Waals surface area contributed by atoms with Gasteiger partial charge < -0.3 is 9.97 Å². The Morgan fingerprint density at radius 3 is 2.00 bits per heavy atom. The smallest absolute Gasteiger partial charge is 0.314 e. The lowest BCUT2D eigenvalue weighted by atomic mass is 10.2. The number of primary sulfonamides is 1. The number of hydrogen-bond acceptors (Lipinski definition) is 4. The monoisotopic (exact) mass is 255 g/mol. The number of sulfonamides is 1. The van der Waals surface area contributed by atoms with Crippen LogP contribution in [0.1, 0.15) is 5.56 Å². The molecule has 90 valence electrons. The number of nitrogens with one attached hydrogen (secondary N) is 2. The second kappa shape index (κ2) is 3.54. The lowest BCUT2D eigenvalue weighted by Crippen LogP contribution is -2.29. The zero-order chi connectivity index (χ0) is 12.8. The fourth-order valence-corrected chi connectivity index (χ4v) is 2.35. The Morgan fingerprint density at radius 1 is 1.06 bits per heavy atom. The maximum absolute atomic E-state index is 11.3. The average Bonchev–Trinajstić information content (AvgIpc) is 2.18. The van der Waals surface area contributed by atoms with Crippen molar-refractivity contribution in [3.63, 3.8) is 0 Å². The van der Waals surface area contributed by atoms with Crippen molar-refractivity contribution in [2.45, 2.75) is 11.8 Å². The van der Waals surface area contributed by atoms with Gasteiger partial charge in [-0.3, -0.25) is 9.59 Å². The summed E-state index contributed by atoms with van der Waals surface area (Å²) in [4.78, 5) is 26.7. The standard InChI is InChI=1S/C9H9N3O4S/c1-4-2-5-6(3-7(4)17(10,15)16)12-9(14)8(13)11-5/h2-3H,1H3,(H,11,13)(H,12,14)(H2,10,15,16). The molecule has 0 unspecified atom stereocenters. The van der Waals surface area contributed by atoms with Crippen molar-refractivity contribution in [2.24, 2.45) is 5.14 Å². The van der Waals surface area contributed by atoms with Crippen LogP contribution in [0.25, 0.3) is 11.0 Å². The highest BCUT2D eigenvalue weighted by molar-refractivity contribution is 7.89. The molecule has 0 spiro atoms. The first-order valence-corrected chi connectivity index (χ1v) is 6.13. The second-order valence-electron chi connectivity index (χ2n) is 3.62. The molecule has 0 saturated heterocycles. The summed E-state index contributed by atoms with van der Waals surface area (Å²) in [7, 11) is -3.86. The Balaban J connectivity index is 2.96. The molecule has 7 nitrogen and oxygen atoms in total. The van der Waals surface area contributed by atoms with Gasteiger partial charge in [0.05, 0.1) is 15.9 Å². The van der Waals surface area contributed by atoms with E-state index in [0.717, 1.165) is 0 Å². The molecule has 0 aliphatic carbocycles. The number of hydrogen-bond donors (Lipinski definition) is 3. The van der Waals surface area contributed by atoms with E-state index in [9.17, 15) is 18.0 Å². The summed E-state index contributed by atoms with van der Waals surface area (Å²) >= 11 is 0. The molecule has 2 aromatic rings. The fraction of sp³-hybridized carbons (Fsp3) is 0.111. The second-order valence-corrected chi connectivity index (χ2v) is 5.15. The van der Waals surface area contributed by atoms with Gasteiger partial charge in [-0.2, -0.15) is 0 Å². The molecule has 1 aromatic carbocycles. The minimum absolute atomic E-state index is 0.0901. The number of rotatable bonds is 1. The Morgan fingerprint density at radius 2 is 1.53 bits per heavy atom. The lowest BCUT2D eigenvalue weighted by Gasteiger charge is -2.05. The van der Waals surface area contributed by atoms with Gasteiger partial charge in [-0.1, -0.05) is 0 Å². The highest BCUT2D eigenvalue weighted by Gasteiger charge is 2.13. The Kier molecular flexibility index (Phi) is 2.40. The van der Waals surface area contributed by atoms with Crippen LogP contribution in [-0.2, 0) is 10.0 Å². The summed E-state index contributed by atoms with van der Waals surface area (Å²) in [5, 5.41) is 5.02. The molecule has 2 rings (SSSR count). The molecule has 0 amide bonds. The first-order valence-electron chi connectivity index (χ1n) is 4.59. The molecule has 0 fully saturated rings. The third-order valence-electron chi connectivity index (χ3n) is 2.32. The summed E-state index contributed by atoms with van der Waals surface area (Å²) in [6.45, 7) is 1.54. The molecular weight excluding hydrogens is 246 g/mol. The van der Waals surface area contributed by atoms with Gasteiger partial charge in [-0.25, -0.2) is 13.6 Å². The molecule has 17 heavy (non-hydrogen) atoms. The van der Waals surface area contributed by atoms with E-state index >= 15 is 0 Å². The summed E-state index contributed by atoms with van der Waals surface area (Å²) in [6, 6.07) is 2.66. The predicted molar refractivity (Wildman–Crippen MR) is 61.3 cm³/mol. The molecule has 0 aliphatic rings. The normalized spacial score (nSPS) is 11.9. The molecule has 0 bridgehead atoms. The number of aryl methyl sites for hydroxylation is 1. The average molecular weight is 255 g/mol. The molecule has 0 saturated carbocycles. The van der Waals surface area contributed by atoms with Crippen molar-refractivity contribution >= 4 is 21.1 Å². The minimum Gasteiger partial charge on any atom is -0.316 e. The number of fused-ring (bicyclic) bond motifs is 1. The van der Waals surface area contributed by atoms with Crippen LogP contribution in [0, 0.1) is 6.92 Å². The van der Waals surface area contributed by atoms with E-state index < -0.39 is 21.1 Å². The van der Waals surface area contributed by atoms with Gasteiger partial charge in [0.2, 0.25) is 10.0 Å². The van der Waals surface area contributed by atoms with Gasteiger partial charge in [0.25, 0.3) is 0 Å². The molecule has 0 atom stereocenters. The van der Waals surface area contributed by atoms with E-state index in [1.54, 1.807) is 6.92 Å². The fourth-order valence-electron chi connectivity index (χ4n) is 1.56. The molecular formula is C9H9N3O4S. The minimum atomic E-state index is -3.86. The third kappa shape index (κ3) is 1.99. The van der Waals surface area contributed by atoms with Gasteiger partial charge in [0, 0.05) is 0 Å². The van der Waals surface area contributed by atoms with Crippen LogP contribution < -0.4 is 16.3 Å². The van der Waals surface area contributed by atoms with Crippen molar-refractivity contribution in [3.8, 4) is 0 Å². The van der Waals surface area contributed by atoms with E-state index in [1.807, 2.05) is 0 Å². The SMILES string of the molecule is Cc1cc2[nH]c(=O)c(=O)[nH]c2cc1S(N)(=O)=O. The zero-order valence-corrected chi connectivity index (χ0v) is 9.59. The number of benzene rings is 1. The Labute approximate surface area is 95.3 Å². The first-order chi connectivity index (χ1) is 7.79. The highest BCUT2D eigenvalue weighted by atomic mass is 32.2. The van der Waals surface area contributed by atoms with Gasteiger partial charge in [-0.05, 0) is 24.6 Å². The van der Waals surface area contributed by atoms with Crippen molar-refractivity contribution in [1.29, 1.82) is 0 Å². The van der Waals surface area contributed by atoms with Crippen molar-refractivity contribution < 1.29 is 8.42 Å². The van der Waals surface area contributed by atoms with Crippen LogP contribution in [-0.4, -0.2) is 18.4 Å². The Hall–Kier alpha value is -1.93. The van der Waals surface area contributed by atoms with Gasteiger partial charge in [0.15, 0.2) is 0 Å². The quantitative estimate of drug-likeness (QED) is 0.575. The lowest BCUT2D eigenvalue weighted by molar-refractivity contribution is 0.597. The van der Waals surface area contributed by atoms with E-state index in [2.05, 4.69) is 9.97 Å². The topological polar surface area (TPSA) is 126 Å². The van der Waals surface area contributed by atoms with Crippen LogP contribution in [0.15, 0.2) is 26.6 Å². The number of aromatic nitrogens is 2. The van der Waals surface area contributed by atoms with Crippen LogP contribution in [0.5, 0.6) is 0 Å². The Bertz CT molecular complexity index is 816. The maximum atomic E-state index is 11.3. The van der Waals surface area contributed by atoms with Gasteiger partial charge in [0.1, 0.15) is 0 Å². The summed E-state index contributed by atoms with van der Waals surface area (Å²) in [6.07, 6.45) is 0. The maximum Gasteiger partial charge on any atom is 0.314 e. The molecule has 1 heterocycles. The summed E-state index contributed by atoms with van der Waals surface area (Å²) in [5.41, 5.74) is -0.687. The van der Waals surface area contributed by atoms with Crippen molar-refractivity contribution in [2.75, 3.05) is 0 Å². The zero-order valence-electron chi connectivity index (χ0n) is 8.77. The molecule has 0 aliphatic heterocycles. The van der Waals surface area contributed by atoms with Gasteiger partial charge >= 0.3 is 11.1 Å². The van der Waals surface area contributed by atoms with Crippen LogP contribution in [0.2, 0.25) is 0 Å². The number of aromatic amines is 2. The van der Waals surface area contributed by atoms with E-state index in [4.69, 9.17) is 5.14 Å². The van der Waals surface area contributed by atoms with Crippen molar-refractivity contribution in [3.05, 3.63) is 38.4 Å². The number of H-pyrrole nitrogens is 2. The molecule has 4 N–H and O–H groups in total. The molecule has 0 radical (unpaired) electrons. The van der Waals surface area contributed by atoms with E-state index in [-0.39, 0.29) is 10.4 Å². The molecule has 1 aromatic heterocycles. The van der Waals surface area contributed by atoms with Crippen LogP contribution >= 0.6 is 0 Å². The van der Waals surface area contributed by atoms with Crippen LogP contribution in [0.3, 0.4) is 0 Å². The third-order valence-corrected chi connectivity index (χ3v) is 3.38. The largest absolute Gasteiger partial charge is 0.316 e. The first kappa shape index (κ1) is 11.6. The summed E-state index contributed by atoms with van der Waals surface area (Å²) < 4.78 is 22.5. The highest BCUT2D eigenvalue weighted by Crippen LogP contribution is 2.18.